The monoisotopic (exact) mass is 265 g/mol. The van der Waals surface area contributed by atoms with Crippen molar-refractivity contribution < 1.29 is 5.11 Å². The number of hydrogen-bond acceptors (Lipinski definition) is 3. The highest BCUT2D eigenvalue weighted by molar-refractivity contribution is 7.10. The van der Waals surface area contributed by atoms with Gasteiger partial charge in [0.1, 0.15) is 0 Å². The van der Waals surface area contributed by atoms with Gasteiger partial charge in [-0.15, -0.1) is 11.3 Å². The summed E-state index contributed by atoms with van der Waals surface area (Å²) in [6.45, 7) is 0.771. The Morgan fingerprint density at radius 3 is 2.94 bits per heavy atom. The van der Waals surface area contributed by atoms with E-state index in [9.17, 15) is 5.11 Å². The Labute approximate surface area is 113 Å². The predicted molar refractivity (Wildman–Crippen MR) is 76.0 cm³/mol. The van der Waals surface area contributed by atoms with E-state index in [4.69, 9.17) is 0 Å². The first-order valence-electron chi connectivity index (χ1n) is 7.29. The lowest BCUT2D eigenvalue weighted by Crippen LogP contribution is -2.43. The van der Waals surface area contributed by atoms with Crippen molar-refractivity contribution in [2.75, 3.05) is 6.54 Å². The minimum atomic E-state index is -0.439. The molecule has 2 N–H and O–H groups in total. The molecule has 0 saturated heterocycles. The van der Waals surface area contributed by atoms with Gasteiger partial charge in [-0.2, -0.15) is 0 Å². The molecule has 0 spiro atoms. The Balaban J connectivity index is 1.61. The highest BCUT2D eigenvalue weighted by atomic mass is 32.1. The number of nitrogens with one attached hydrogen (secondary N) is 1. The number of hydrogen-bond donors (Lipinski definition) is 2. The molecule has 1 aromatic rings. The molecule has 2 aliphatic rings. The standard InChI is InChI=1S/C15H23NOS/c17-15(8-2-1-3-9-15)11-16-13-5-4-6-14-12(13)7-10-18-14/h7,10,13,16-17H,1-6,8-9,11H2. The van der Waals surface area contributed by atoms with Crippen LogP contribution in [0.4, 0.5) is 0 Å². The van der Waals surface area contributed by atoms with Crippen molar-refractivity contribution in [3.8, 4) is 0 Å². The van der Waals surface area contributed by atoms with Gasteiger partial charge in [-0.1, -0.05) is 19.3 Å². The number of fused-ring (bicyclic) bond motifs is 1. The average Bonchev–Trinajstić information content (AvgIpc) is 2.86. The molecule has 3 rings (SSSR count). The first kappa shape index (κ1) is 12.6. The lowest BCUT2D eigenvalue weighted by Gasteiger charge is -2.34. The Morgan fingerprint density at radius 1 is 1.28 bits per heavy atom. The van der Waals surface area contributed by atoms with E-state index in [1.165, 1.54) is 44.1 Å². The highest BCUT2D eigenvalue weighted by Gasteiger charge is 2.30. The molecule has 18 heavy (non-hydrogen) atoms. The molecule has 1 fully saturated rings. The van der Waals surface area contributed by atoms with Gasteiger partial charge < -0.3 is 10.4 Å². The largest absolute Gasteiger partial charge is 0.389 e. The van der Waals surface area contributed by atoms with Crippen LogP contribution in [-0.2, 0) is 6.42 Å². The quantitative estimate of drug-likeness (QED) is 0.878. The molecule has 1 atom stereocenters. The van der Waals surface area contributed by atoms with E-state index in [0.717, 1.165) is 19.4 Å². The van der Waals surface area contributed by atoms with E-state index in [-0.39, 0.29) is 0 Å². The molecule has 0 amide bonds. The number of aliphatic hydroxyl groups is 1. The summed E-state index contributed by atoms with van der Waals surface area (Å²) < 4.78 is 0. The molecule has 2 aliphatic carbocycles. The predicted octanol–water partition coefficient (Wildman–Crippen LogP) is 3.41. The van der Waals surface area contributed by atoms with Crippen molar-refractivity contribution in [2.45, 2.75) is 63.0 Å². The van der Waals surface area contributed by atoms with Gasteiger partial charge in [0.05, 0.1) is 5.60 Å². The zero-order valence-corrected chi connectivity index (χ0v) is 11.8. The SMILES string of the molecule is OC1(CNC2CCCc3sccc32)CCCCC1. The van der Waals surface area contributed by atoms with Crippen molar-refractivity contribution in [1.82, 2.24) is 5.32 Å². The van der Waals surface area contributed by atoms with Crippen LogP contribution < -0.4 is 5.32 Å². The number of rotatable bonds is 3. The van der Waals surface area contributed by atoms with Crippen LogP contribution in [0.15, 0.2) is 11.4 Å². The molecular weight excluding hydrogens is 242 g/mol. The van der Waals surface area contributed by atoms with Crippen LogP contribution in [0.2, 0.25) is 0 Å². The second kappa shape index (κ2) is 5.32. The van der Waals surface area contributed by atoms with Gasteiger partial charge in [-0.05, 0) is 49.1 Å². The van der Waals surface area contributed by atoms with Crippen molar-refractivity contribution in [2.24, 2.45) is 0 Å². The third kappa shape index (κ3) is 2.63. The summed E-state index contributed by atoms with van der Waals surface area (Å²) in [5.41, 5.74) is 1.05. The lowest BCUT2D eigenvalue weighted by atomic mass is 9.84. The van der Waals surface area contributed by atoms with Gasteiger partial charge in [0, 0.05) is 17.5 Å². The minimum Gasteiger partial charge on any atom is -0.389 e. The number of aryl methyl sites for hydroxylation is 1. The molecule has 0 aliphatic heterocycles. The fourth-order valence-electron chi connectivity index (χ4n) is 3.40. The Bertz CT molecular complexity index is 395. The molecular formula is C15H23NOS. The second-order valence-corrected chi connectivity index (χ2v) is 6.91. The molecule has 0 radical (unpaired) electrons. The molecule has 100 valence electrons. The molecule has 0 bridgehead atoms. The fourth-order valence-corrected chi connectivity index (χ4v) is 4.39. The third-order valence-electron chi connectivity index (χ3n) is 4.51. The van der Waals surface area contributed by atoms with Crippen molar-refractivity contribution in [3.05, 3.63) is 21.9 Å². The zero-order chi connectivity index (χ0) is 12.4. The van der Waals surface area contributed by atoms with Crippen LogP contribution in [0, 0.1) is 0 Å². The molecule has 3 heteroatoms. The zero-order valence-electron chi connectivity index (χ0n) is 11.0. The second-order valence-electron chi connectivity index (χ2n) is 5.91. The van der Waals surface area contributed by atoms with Crippen molar-refractivity contribution in [3.63, 3.8) is 0 Å². The van der Waals surface area contributed by atoms with Crippen LogP contribution in [0.25, 0.3) is 0 Å². The maximum Gasteiger partial charge on any atom is 0.0771 e. The summed E-state index contributed by atoms with van der Waals surface area (Å²) in [7, 11) is 0. The van der Waals surface area contributed by atoms with Gasteiger partial charge in [-0.3, -0.25) is 0 Å². The van der Waals surface area contributed by atoms with E-state index in [2.05, 4.69) is 16.8 Å². The van der Waals surface area contributed by atoms with E-state index in [0.29, 0.717) is 6.04 Å². The topological polar surface area (TPSA) is 32.3 Å². The first-order valence-corrected chi connectivity index (χ1v) is 8.17. The van der Waals surface area contributed by atoms with Crippen LogP contribution in [0.3, 0.4) is 0 Å². The van der Waals surface area contributed by atoms with Crippen molar-refractivity contribution in [1.29, 1.82) is 0 Å². The fraction of sp³-hybridized carbons (Fsp3) is 0.733. The molecule has 1 heterocycles. The third-order valence-corrected chi connectivity index (χ3v) is 5.51. The van der Waals surface area contributed by atoms with Crippen LogP contribution >= 0.6 is 11.3 Å². The Morgan fingerprint density at radius 2 is 2.11 bits per heavy atom. The van der Waals surface area contributed by atoms with Gasteiger partial charge in [-0.25, -0.2) is 0 Å². The molecule has 1 aromatic heterocycles. The molecule has 2 nitrogen and oxygen atoms in total. The van der Waals surface area contributed by atoms with Crippen LogP contribution in [0.1, 0.15) is 61.4 Å². The summed E-state index contributed by atoms with van der Waals surface area (Å²) >= 11 is 1.89. The van der Waals surface area contributed by atoms with Crippen LogP contribution in [-0.4, -0.2) is 17.3 Å². The maximum atomic E-state index is 10.5. The van der Waals surface area contributed by atoms with Gasteiger partial charge >= 0.3 is 0 Å². The van der Waals surface area contributed by atoms with E-state index >= 15 is 0 Å². The Kier molecular flexibility index (Phi) is 3.73. The maximum absolute atomic E-state index is 10.5. The van der Waals surface area contributed by atoms with E-state index in [1.54, 1.807) is 4.88 Å². The Hall–Kier alpha value is -0.380. The van der Waals surface area contributed by atoms with E-state index in [1.807, 2.05) is 11.3 Å². The summed E-state index contributed by atoms with van der Waals surface area (Å²) in [5.74, 6) is 0. The van der Waals surface area contributed by atoms with Gasteiger partial charge in [0.25, 0.3) is 0 Å². The summed E-state index contributed by atoms with van der Waals surface area (Å²) in [6, 6.07) is 2.74. The molecule has 1 unspecified atom stereocenters. The molecule has 1 saturated carbocycles. The first-order chi connectivity index (χ1) is 8.77. The van der Waals surface area contributed by atoms with Gasteiger partial charge in [0.2, 0.25) is 0 Å². The lowest BCUT2D eigenvalue weighted by molar-refractivity contribution is 0.00217. The van der Waals surface area contributed by atoms with Gasteiger partial charge in [0.15, 0.2) is 0 Å². The highest BCUT2D eigenvalue weighted by Crippen LogP contribution is 2.34. The molecule has 0 aromatic carbocycles. The normalized spacial score (nSPS) is 26.8. The smallest absolute Gasteiger partial charge is 0.0771 e. The van der Waals surface area contributed by atoms with E-state index < -0.39 is 5.60 Å². The minimum absolute atomic E-state index is 0.439. The van der Waals surface area contributed by atoms with Crippen molar-refractivity contribution >= 4 is 11.3 Å². The summed E-state index contributed by atoms with van der Waals surface area (Å²) in [5, 5.41) is 16.4. The van der Waals surface area contributed by atoms with Crippen LogP contribution in [0.5, 0.6) is 0 Å². The number of thiophene rings is 1. The average molecular weight is 265 g/mol. The summed E-state index contributed by atoms with van der Waals surface area (Å²) in [4.78, 5) is 1.55. The summed E-state index contributed by atoms with van der Waals surface area (Å²) in [6.07, 6.45) is 9.37.